The lowest BCUT2D eigenvalue weighted by atomic mass is 9.86. The average molecular weight is 612 g/mol. The normalized spacial score (nSPS) is 16.0. The molecule has 2 aliphatic heterocycles. The molecule has 2 aliphatic rings. The lowest BCUT2D eigenvalue weighted by Crippen LogP contribution is -2.27. The maximum atomic E-state index is 12.6. The highest BCUT2D eigenvalue weighted by Crippen LogP contribution is 2.42. The van der Waals surface area contributed by atoms with Crippen LogP contribution in [0.1, 0.15) is 103 Å². The van der Waals surface area contributed by atoms with E-state index in [-0.39, 0.29) is 23.9 Å². The molecule has 0 saturated carbocycles. The van der Waals surface area contributed by atoms with Crippen LogP contribution in [-0.4, -0.2) is 57.7 Å². The molecular weight excluding hydrogens is 566 g/mol. The topological polar surface area (TPSA) is 113 Å². The van der Waals surface area contributed by atoms with Crippen molar-refractivity contribution in [2.75, 3.05) is 20.8 Å². The molecule has 3 aromatic heterocycles. The van der Waals surface area contributed by atoms with Gasteiger partial charge in [0, 0.05) is 64.3 Å². The summed E-state index contributed by atoms with van der Waals surface area (Å²) in [7, 11) is 3.19. The van der Waals surface area contributed by atoms with Crippen LogP contribution in [0.3, 0.4) is 0 Å². The van der Waals surface area contributed by atoms with Crippen LogP contribution in [0.25, 0.3) is 33.7 Å². The van der Waals surface area contributed by atoms with Crippen molar-refractivity contribution in [1.29, 1.82) is 0 Å². The number of aromatic amines is 2. The van der Waals surface area contributed by atoms with Crippen molar-refractivity contribution in [2.45, 2.75) is 86.1 Å². The number of esters is 1. The zero-order valence-electron chi connectivity index (χ0n) is 28.0. The fourth-order valence-electron chi connectivity index (χ4n) is 6.57. The summed E-state index contributed by atoms with van der Waals surface area (Å²) < 4.78 is 10.3. The molecule has 2 N–H and O–H groups in total. The molecule has 238 valence electrons. The zero-order valence-corrected chi connectivity index (χ0v) is 28.0. The number of nitrogens with zero attached hydrogens (tertiary/aromatic N) is 3. The first-order chi connectivity index (χ1) is 21.5. The van der Waals surface area contributed by atoms with Gasteiger partial charge in [-0.15, -0.1) is 0 Å². The second-order valence-corrected chi connectivity index (χ2v) is 12.2. The van der Waals surface area contributed by atoms with Crippen LogP contribution in [-0.2, 0) is 27.2 Å². The van der Waals surface area contributed by atoms with Crippen molar-refractivity contribution in [3.05, 3.63) is 68.8 Å². The summed E-state index contributed by atoms with van der Waals surface area (Å²) in [6, 6.07) is 6.40. The number of carbonyl (C=O) groups is 2. The van der Waals surface area contributed by atoms with Gasteiger partial charge in [-0.1, -0.05) is 13.8 Å². The maximum Gasteiger partial charge on any atom is 0.409 e. The second kappa shape index (κ2) is 12.9. The predicted molar refractivity (Wildman–Crippen MR) is 179 cm³/mol. The first-order valence-corrected chi connectivity index (χ1v) is 15.8. The standard InChI is InChI=1S/C36H45N5O4/c1-10-24-20(4)30-17-33-26(18-41(8)36(43)45-11-2)22(6)29(39-33)16-31-21(5)25(12-13-34(42)44-9)35(40-31)23(7)28-14-19(3)27(37-28)15-32(24)38-30/h14-17,21,25,38-39H,10-13,18H2,1-9H3/t21-,25-/m0/s1. The molecule has 0 aromatic carbocycles. The molecule has 0 radical (unpaired) electrons. The van der Waals surface area contributed by atoms with Crippen LogP contribution < -0.4 is 0 Å². The van der Waals surface area contributed by atoms with Crippen LogP contribution in [0.4, 0.5) is 4.79 Å². The number of allylic oxidation sites excluding steroid dienone is 1. The van der Waals surface area contributed by atoms with Gasteiger partial charge in [0.1, 0.15) is 0 Å². The third-order valence-corrected chi connectivity index (χ3v) is 9.42. The van der Waals surface area contributed by atoms with E-state index in [1.165, 1.54) is 18.2 Å². The van der Waals surface area contributed by atoms with Gasteiger partial charge in [0.05, 0.1) is 31.6 Å². The van der Waals surface area contributed by atoms with E-state index in [1.54, 1.807) is 11.9 Å². The minimum absolute atomic E-state index is 0.0334. The number of methoxy groups -OCH3 is 1. The van der Waals surface area contributed by atoms with E-state index in [2.05, 4.69) is 75.8 Å². The monoisotopic (exact) mass is 611 g/mol. The van der Waals surface area contributed by atoms with Crippen LogP contribution in [0.15, 0.2) is 18.2 Å². The van der Waals surface area contributed by atoms with E-state index in [1.807, 2.05) is 6.92 Å². The van der Waals surface area contributed by atoms with Crippen molar-refractivity contribution in [1.82, 2.24) is 24.8 Å². The molecule has 0 unspecified atom stereocenters. The Morgan fingerprint density at radius 3 is 2.24 bits per heavy atom. The van der Waals surface area contributed by atoms with Crippen molar-refractivity contribution >= 4 is 45.8 Å². The second-order valence-electron chi connectivity index (χ2n) is 12.2. The van der Waals surface area contributed by atoms with Crippen molar-refractivity contribution < 1.29 is 19.1 Å². The molecule has 0 saturated heterocycles. The minimum Gasteiger partial charge on any atom is -0.469 e. The lowest BCUT2D eigenvalue weighted by molar-refractivity contribution is -0.140. The number of hydrogen-bond donors (Lipinski definition) is 2. The van der Waals surface area contributed by atoms with Crippen LogP contribution in [0.5, 0.6) is 0 Å². The van der Waals surface area contributed by atoms with Crippen molar-refractivity contribution in [3.8, 4) is 0 Å². The lowest BCUT2D eigenvalue weighted by Gasteiger charge is -2.17. The highest BCUT2D eigenvalue weighted by Gasteiger charge is 2.31. The van der Waals surface area contributed by atoms with Crippen LogP contribution in [0, 0.1) is 20.8 Å². The number of aryl methyl sites for hydroxylation is 3. The van der Waals surface area contributed by atoms with Gasteiger partial charge in [-0.2, -0.15) is 0 Å². The smallest absolute Gasteiger partial charge is 0.409 e. The van der Waals surface area contributed by atoms with Crippen molar-refractivity contribution in [2.24, 2.45) is 0 Å². The quantitative estimate of drug-likeness (QED) is 0.264. The van der Waals surface area contributed by atoms with E-state index < -0.39 is 0 Å². The van der Waals surface area contributed by atoms with Gasteiger partial charge < -0.3 is 24.3 Å². The van der Waals surface area contributed by atoms with E-state index in [4.69, 9.17) is 19.4 Å². The summed E-state index contributed by atoms with van der Waals surface area (Å²) in [6.07, 6.45) is 3.58. The third kappa shape index (κ3) is 6.13. The van der Waals surface area contributed by atoms with Gasteiger partial charge >= 0.3 is 12.1 Å². The van der Waals surface area contributed by atoms with Gasteiger partial charge in [-0.3, -0.25) is 9.78 Å². The minimum atomic E-state index is -0.363. The van der Waals surface area contributed by atoms with E-state index in [0.29, 0.717) is 26.0 Å². The number of H-pyrrole nitrogens is 2. The van der Waals surface area contributed by atoms with E-state index in [9.17, 15) is 9.59 Å². The Hall–Kier alpha value is -4.40. The Balaban J connectivity index is 1.85. The molecule has 0 fully saturated rings. The summed E-state index contributed by atoms with van der Waals surface area (Å²) in [4.78, 5) is 44.1. The average Bonchev–Trinajstić information content (AvgIpc) is 3.71. The van der Waals surface area contributed by atoms with Crippen LogP contribution in [0.2, 0.25) is 0 Å². The largest absolute Gasteiger partial charge is 0.469 e. The number of amides is 1. The molecule has 1 amide bonds. The van der Waals surface area contributed by atoms with Gasteiger partial charge in [-0.05, 0) is 99.6 Å². The Kier molecular flexibility index (Phi) is 9.18. The molecule has 2 atom stereocenters. The zero-order chi connectivity index (χ0) is 32.6. The number of hydrogen-bond acceptors (Lipinski definition) is 6. The molecule has 5 heterocycles. The maximum absolute atomic E-state index is 12.6. The number of aromatic nitrogens is 4. The van der Waals surface area contributed by atoms with Gasteiger partial charge in [0.25, 0.3) is 0 Å². The molecule has 0 aliphatic carbocycles. The fourth-order valence-corrected chi connectivity index (χ4v) is 6.57. The molecule has 9 heteroatoms. The number of rotatable bonds is 7. The number of fused-ring (bicyclic) bond motifs is 8. The first kappa shape index (κ1) is 32.0. The Morgan fingerprint density at radius 2 is 1.58 bits per heavy atom. The number of carbonyl (C=O) groups excluding carboxylic acids is 2. The SMILES string of the molecule is CCOC(=O)N(C)Cc1c(C)c2cc3nc(c(C)c4nc(cc5[nH]c(cc1[nH]2)c(C)c5CC)C(C)=C4)[C@@H](CCC(=O)OC)[C@@H]3C. The van der Waals surface area contributed by atoms with Gasteiger partial charge in [0.15, 0.2) is 0 Å². The highest BCUT2D eigenvalue weighted by molar-refractivity contribution is 5.85. The number of nitrogens with one attached hydrogen (secondary N) is 2. The summed E-state index contributed by atoms with van der Waals surface area (Å²) >= 11 is 0. The van der Waals surface area contributed by atoms with E-state index >= 15 is 0 Å². The first-order valence-electron chi connectivity index (χ1n) is 15.8. The summed E-state index contributed by atoms with van der Waals surface area (Å²) in [5, 5.41) is 0. The molecule has 8 bridgehead atoms. The van der Waals surface area contributed by atoms with Crippen molar-refractivity contribution in [3.63, 3.8) is 0 Å². The molecule has 3 aromatic rings. The highest BCUT2D eigenvalue weighted by atomic mass is 16.6. The fraction of sp³-hybridized carbons (Fsp3) is 0.444. The Labute approximate surface area is 265 Å². The van der Waals surface area contributed by atoms with Gasteiger partial charge in [0.2, 0.25) is 0 Å². The Bertz CT molecular complexity index is 1850. The Morgan fingerprint density at radius 1 is 0.911 bits per heavy atom. The summed E-state index contributed by atoms with van der Waals surface area (Å²) in [5.74, 6) is -0.124. The van der Waals surface area contributed by atoms with Crippen LogP contribution >= 0.6 is 0 Å². The van der Waals surface area contributed by atoms with Gasteiger partial charge in [-0.25, -0.2) is 9.78 Å². The number of ether oxygens (including phenoxy) is 2. The summed E-state index contributed by atoms with van der Waals surface area (Å²) in [6.45, 7) is 15.2. The summed E-state index contributed by atoms with van der Waals surface area (Å²) in [5.41, 5.74) is 14.2. The third-order valence-electron chi connectivity index (χ3n) is 9.42. The molecule has 5 rings (SSSR count). The molecule has 45 heavy (non-hydrogen) atoms. The van der Waals surface area contributed by atoms with E-state index in [0.717, 1.165) is 73.5 Å². The molecule has 0 spiro atoms. The predicted octanol–water partition coefficient (Wildman–Crippen LogP) is 7.79. The molecular formula is C36H45N5O4. The molecule has 9 nitrogen and oxygen atoms in total.